The van der Waals surface area contributed by atoms with Crippen LogP contribution >= 0.6 is 11.6 Å². The Bertz CT molecular complexity index is 1360. The second-order valence-electron chi connectivity index (χ2n) is 9.88. The van der Waals surface area contributed by atoms with Gasteiger partial charge in [-0.25, -0.2) is 0 Å². The Balaban J connectivity index is 1.52. The fourth-order valence-corrected chi connectivity index (χ4v) is 5.19. The molecule has 11 heteroatoms. The molecule has 4 amide bonds. The summed E-state index contributed by atoms with van der Waals surface area (Å²) >= 11 is 5.71. The molecule has 40 heavy (non-hydrogen) atoms. The average molecular weight is 568 g/mol. The number of nitrogens with zero attached hydrogens (tertiary/aromatic N) is 1. The number of aromatic nitrogens is 1. The zero-order valence-corrected chi connectivity index (χ0v) is 23.1. The first kappa shape index (κ1) is 28.9. The van der Waals surface area contributed by atoms with Crippen LogP contribution in [0.3, 0.4) is 0 Å². The van der Waals surface area contributed by atoms with E-state index in [1.165, 1.54) is 4.90 Å². The highest BCUT2D eigenvalue weighted by Gasteiger charge is 2.37. The molecule has 1 fully saturated rings. The first-order valence-corrected chi connectivity index (χ1v) is 13.8. The number of ether oxygens (including phenoxy) is 1. The topological polar surface area (TPSA) is 147 Å². The zero-order valence-electron chi connectivity index (χ0n) is 22.3. The van der Waals surface area contributed by atoms with E-state index < -0.39 is 35.8 Å². The van der Waals surface area contributed by atoms with Gasteiger partial charge in [0.1, 0.15) is 29.8 Å². The quantitative estimate of drug-likeness (QED) is 0.262. The van der Waals surface area contributed by atoms with Crippen LogP contribution in [0.25, 0.3) is 10.9 Å². The molecule has 4 rings (SSSR count). The van der Waals surface area contributed by atoms with Gasteiger partial charge in [-0.3, -0.25) is 19.2 Å². The lowest BCUT2D eigenvalue weighted by atomic mass is 9.97. The Morgan fingerprint density at radius 3 is 2.55 bits per heavy atom. The van der Waals surface area contributed by atoms with Gasteiger partial charge in [-0.1, -0.05) is 30.3 Å². The Hall–Kier alpha value is -4.05. The summed E-state index contributed by atoms with van der Waals surface area (Å²) in [5, 5.41) is 6.34. The molecule has 10 nitrogen and oxygen atoms in total. The number of alkyl halides is 1. The van der Waals surface area contributed by atoms with Crippen LogP contribution in [0.4, 0.5) is 0 Å². The van der Waals surface area contributed by atoms with Crippen LogP contribution in [-0.4, -0.2) is 71.2 Å². The second kappa shape index (κ2) is 13.3. The number of H-pyrrole nitrogens is 1. The summed E-state index contributed by atoms with van der Waals surface area (Å²) in [6.45, 7) is 0.350. The van der Waals surface area contributed by atoms with Crippen molar-refractivity contribution in [3.8, 4) is 5.75 Å². The van der Waals surface area contributed by atoms with Gasteiger partial charge in [0.15, 0.2) is 0 Å². The maximum absolute atomic E-state index is 13.7. The number of likely N-dealkylation sites (tertiary alicyclic amines) is 1. The fourth-order valence-electron chi connectivity index (χ4n) is 5.11. The molecule has 3 atom stereocenters. The molecule has 2 aromatic carbocycles. The smallest absolute Gasteiger partial charge is 0.246 e. The van der Waals surface area contributed by atoms with Crippen molar-refractivity contribution in [2.24, 2.45) is 5.73 Å². The van der Waals surface area contributed by atoms with Crippen molar-refractivity contribution in [2.75, 3.05) is 19.5 Å². The third-order valence-electron chi connectivity index (χ3n) is 7.18. The third kappa shape index (κ3) is 6.93. The molecule has 0 spiro atoms. The number of carbonyl (C=O) groups excluding carboxylic acids is 4. The van der Waals surface area contributed by atoms with Gasteiger partial charge in [0.2, 0.25) is 23.6 Å². The lowest BCUT2D eigenvalue weighted by Gasteiger charge is -2.37. The third-order valence-corrected chi connectivity index (χ3v) is 7.43. The van der Waals surface area contributed by atoms with Gasteiger partial charge in [-0.05, 0) is 48.6 Å². The van der Waals surface area contributed by atoms with Gasteiger partial charge >= 0.3 is 0 Å². The Morgan fingerprint density at radius 2 is 1.85 bits per heavy atom. The molecule has 1 saturated heterocycles. The number of primary amides is 1. The fraction of sp³-hybridized carbons (Fsp3) is 0.379. The first-order valence-electron chi connectivity index (χ1n) is 13.2. The largest absolute Gasteiger partial charge is 0.497 e. The summed E-state index contributed by atoms with van der Waals surface area (Å²) in [6.07, 6.45) is 4.07. The molecule has 3 aromatic rings. The van der Waals surface area contributed by atoms with Gasteiger partial charge in [-0.2, -0.15) is 0 Å². The van der Waals surface area contributed by atoms with Crippen molar-refractivity contribution in [1.29, 1.82) is 0 Å². The average Bonchev–Trinajstić information content (AvgIpc) is 3.38. The number of rotatable bonds is 11. The monoisotopic (exact) mass is 567 g/mol. The van der Waals surface area contributed by atoms with Crippen molar-refractivity contribution in [3.05, 3.63) is 65.9 Å². The molecule has 1 aliphatic rings. The highest BCUT2D eigenvalue weighted by molar-refractivity contribution is 6.27. The number of halogens is 1. The van der Waals surface area contributed by atoms with Crippen molar-refractivity contribution >= 4 is 46.1 Å². The molecule has 1 aromatic heterocycles. The van der Waals surface area contributed by atoms with Crippen LogP contribution in [0.5, 0.6) is 5.75 Å². The van der Waals surface area contributed by atoms with Gasteiger partial charge in [0, 0.05) is 36.5 Å². The van der Waals surface area contributed by atoms with E-state index in [-0.39, 0.29) is 24.6 Å². The highest BCUT2D eigenvalue weighted by atomic mass is 35.5. The number of benzene rings is 2. The maximum atomic E-state index is 13.7. The molecule has 212 valence electrons. The number of hydrogen-bond donors (Lipinski definition) is 4. The lowest BCUT2D eigenvalue weighted by Crippen LogP contribution is -2.60. The SMILES string of the molecule is COc1ccc2[nH]cc(C[C@H](NC(=O)[C@@H]3CCCCN3C(=O)[C@H](Cc3ccccc3)NC(=O)CCl)C(N)=O)c2c1. The number of hydrogen-bond acceptors (Lipinski definition) is 5. The summed E-state index contributed by atoms with van der Waals surface area (Å²) in [5.41, 5.74) is 8.21. The minimum atomic E-state index is -0.993. The Morgan fingerprint density at radius 1 is 1.07 bits per heavy atom. The first-order chi connectivity index (χ1) is 19.3. The molecule has 0 unspecified atom stereocenters. The summed E-state index contributed by atoms with van der Waals surface area (Å²) in [5.74, 6) is -1.62. The minimum absolute atomic E-state index is 0.164. The molecular weight excluding hydrogens is 534 g/mol. The van der Waals surface area contributed by atoms with E-state index in [2.05, 4.69) is 15.6 Å². The van der Waals surface area contributed by atoms with Crippen LogP contribution in [-0.2, 0) is 32.0 Å². The lowest BCUT2D eigenvalue weighted by molar-refractivity contribution is -0.145. The van der Waals surface area contributed by atoms with Gasteiger partial charge in [0.25, 0.3) is 0 Å². The van der Waals surface area contributed by atoms with E-state index in [1.54, 1.807) is 13.3 Å². The molecule has 1 aliphatic heterocycles. The van der Waals surface area contributed by atoms with E-state index in [0.717, 1.165) is 28.5 Å². The molecule has 0 bridgehead atoms. The van der Waals surface area contributed by atoms with Crippen molar-refractivity contribution in [2.45, 2.75) is 50.2 Å². The highest BCUT2D eigenvalue weighted by Crippen LogP contribution is 2.25. The number of piperidine rings is 1. The Kier molecular flexibility index (Phi) is 9.65. The van der Waals surface area contributed by atoms with E-state index in [9.17, 15) is 19.2 Å². The normalized spacial score (nSPS) is 16.6. The van der Waals surface area contributed by atoms with E-state index >= 15 is 0 Å². The van der Waals surface area contributed by atoms with E-state index in [0.29, 0.717) is 25.1 Å². The Labute approximate surface area is 237 Å². The van der Waals surface area contributed by atoms with Gasteiger partial charge in [0.05, 0.1) is 7.11 Å². The van der Waals surface area contributed by atoms with Crippen LogP contribution in [0.15, 0.2) is 54.7 Å². The predicted molar refractivity (Wildman–Crippen MR) is 152 cm³/mol. The van der Waals surface area contributed by atoms with Crippen LogP contribution in [0.1, 0.15) is 30.4 Å². The molecule has 0 radical (unpaired) electrons. The van der Waals surface area contributed by atoms with Crippen LogP contribution < -0.4 is 21.1 Å². The van der Waals surface area contributed by atoms with E-state index in [1.807, 2.05) is 48.5 Å². The summed E-state index contributed by atoms with van der Waals surface area (Å²) in [7, 11) is 1.57. The minimum Gasteiger partial charge on any atom is -0.497 e. The molecule has 0 aliphatic carbocycles. The van der Waals surface area contributed by atoms with E-state index in [4.69, 9.17) is 22.1 Å². The van der Waals surface area contributed by atoms with Gasteiger partial charge < -0.3 is 31.0 Å². The summed E-state index contributed by atoms with van der Waals surface area (Å²) in [6, 6.07) is 12.2. The number of methoxy groups -OCH3 is 1. The van der Waals surface area contributed by atoms with Crippen LogP contribution in [0.2, 0.25) is 0 Å². The number of amides is 4. The van der Waals surface area contributed by atoms with Crippen molar-refractivity contribution in [1.82, 2.24) is 20.5 Å². The standard InChI is InChI=1S/C29H34ClN5O5/c1-40-20-10-11-22-21(15-20)19(17-32-22)14-23(27(31)37)34-28(38)25-9-5-6-12-35(25)29(39)24(33-26(36)16-30)13-18-7-3-2-4-8-18/h2-4,7-8,10-11,15,17,23-25,32H,5-6,9,12-14,16H2,1H3,(H2,31,37)(H,33,36)(H,34,38)/t23-,24-,25-/m0/s1. The number of aromatic amines is 1. The number of nitrogens with one attached hydrogen (secondary N) is 3. The summed E-state index contributed by atoms with van der Waals surface area (Å²) in [4.78, 5) is 56.5. The number of fused-ring (bicyclic) bond motifs is 1. The molecule has 0 saturated carbocycles. The number of nitrogens with two attached hydrogens (primary N) is 1. The molecule has 2 heterocycles. The predicted octanol–water partition coefficient (Wildman–Crippen LogP) is 2.04. The second-order valence-corrected chi connectivity index (χ2v) is 10.1. The van der Waals surface area contributed by atoms with Gasteiger partial charge in [-0.15, -0.1) is 11.6 Å². The molecular formula is C29H34ClN5O5. The maximum Gasteiger partial charge on any atom is 0.246 e. The molecule has 5 N–H and O–H groups in total. The van der Waals surface area contributed by atoms with Crippen LogP contribution in [0, 0.1) is 0 Å². The zero-order chi connectivity index (χ0) is 28.6. The number of carbonyl (C=O) groups is 4. The van der Waals surface area contributed by atoms with Crippen molar-refractivity contribution < 1.29 is 23.9 Å². The van der Waals surface area contributed by atoms with Crippen molar-refractivity contribution in [3.63, 3.8) is 0 Å². The summed E-state index contributed by atoms with van der Waals surface area (Å²) < 4.78 is 5.32.